The van der Waals surface area contributed by atoms with E-state index < -0.39 is 23.0 Å². The maximum Gasteiger partial charge on any atom is 0.234 e. The topological polar surface area (TPSA) is 132 Å². The molecule has 3 heterocycles. The summed E-state index contributed by atoms with van der Waals surface area (Å²) in [5, 5.41) is 7.41. The van der Waals surface area contributed by atoms with Crippen LogP contribution >= 0.6 is 0 Å². The fraction of sp³-hybridized carbons (Fsp3) is 0.333. The Morgan fingerprint density at radius 2 is 1.97 bits per heavy atom. The molecule has 1 unspecified atom stereocenters. The van der Waals surface area contributed by atoms with Crippen LogP contribution in [0.4, 0.5) is 14.6 Å². The number of nitrogens with one attached hydrogen (secondary N) is 1. The van der Waals surface area contributed by atoms with Crippen molar-refractivity contribution in [2.75, 3.05) is 32.8 Å². The second kappa shape index (κ2) is 9.31. The minimum atomic E-state index is -1.16. The first-order valence-corrected chi connectivity index (χ1v) is 9.89. The number of nitrogens with zero attached hydrogens (tertiary/aromatic N) is 4. The largest absolute Gasteiger partial charge is 0.494 e. The predicted molar refractivity (Wildman–Crippen MR) is 113 cm³/mol. The molecule has 0 spiro atoms. The van der Waals surface area contributed by atoms with Crippen LogP contribution in [0.15, 0.2) is 33.9 Å². The Morgan fingerprint density at radius 3 is 2.64 bits per heavy atom. The quantitative estimate of drug-likeness (QED) is 0.242. The molecule has 12 heteroatoms. The minimum Gasteiger partial charge on any atom is -0.494 e. The molecular formula is C21H19F2N5O5. The molecular weight excluding hydrogens is 440 g/mol. The highest BCUT2D eigenvalue weighted by Gasteiger charge is 2.29. The summed E-state index contributed by atoms with van der Waals surface area (Å²) in [6.45, 7) is 0.818. The molecule has 1 aromatic carbocycles. The number of azide groups is 1. The van der Waals surface area contributed by atoms with E-state index in [2.05, 4.69) is 20.3 Å². The summed E-state index contributed by atoms with van der Waals surface area (Å²) < 4.78 is 50.1. The molecule has 3 aromatic rings. The van der Waals surface area contributed by atoms with Crippen LogP contribution in [0.5, 0.6) is 11.5 Å². The molecule has 0 amide bonds. The van der Waals surface area contributed by atoms with Gasteiger partial charge in [-0.1, -0.05) is 5.11 Å². The fourth-order valence-electron chi connectivity index (χ4n) is 3.60. The van der Waals surface area contributed by atoms with Gasteiger partial charge in [-0.15, -0.1) is 0 Å². The van der Waals surface area contributed by atoms with Crippen LogP contribution in [0.2, 0.25) is 0 Å². The SMILES string of the molecule is COc1cc(OC)c(F)c(C(=O)c2cc3cc(N[C@@H]4COCCC4N=[N+]=[N-])ncc3o2)c1F. The molecule has 1 fully saturated rings. The number of fused-ring (bicyclic) bond motifs is 1. The third-order valence-electron chi connectivity index (χ3n) is 5.28. The number of rotatable bonds is 7. The van der Waals surface area contributed by atoms with Gasteiger partial charge in [0, 0.05) is 23.0 Å². The van der Waals surface area contributed by atoms with E-state index in [1.807, 2.05) is 0 Å². The number of aromatic nitrogens is 1. The average Bonchev–Trinajstić information content (AvgIpc) is 3.24. The van der Waals surface area contributed by atoms with E-state index in [1.54, 1.807) is 6.07 Å². The van der Waals surface area contributed by atoms with Crippen molar-refractivity contribution in [3.8, 4) is 11.5 Å². The van der Waals surface area contributed by atoms with Gasteiger partial charge in [-0.2, -0.15) is 0 Å². The Bertz CT molecular complexity index is 1230. The zero-order valence-electron chi connectivity index (χ0n) is 17.7. The number of ether oxygens (including phenoxy) is 3. The molecule has 4 rings (SSSR count). The third kappa shape index (κ3) is 4.26. The summed E-state index contributed by atoms with van der Waals surface area (Å²) in [6, 6.07) is 3.38. The van der Waals surface area contributed by atoms with Crippen LogP contribution in [-0.2, 0) is 4.74 Å². The Kier molecular flexibility index (Phi) is 6.29. The van der Waals surface area contributed by atoms with E-state index in [-0.39, 0.29) is 34.9 Å². The second-order valence-corrected chi connectivity index (χ2v) is 7.22. The number of benzene rings is 1. The average molecular weight is 459 g/mol. The first-order valence-electron chi connectivity index (χ1n) is 9.89. The molecule has 0 radical (unpaired) electrons. The number of carbonyl (C=O) groups excluding carboxylic acids is 1. The molecule has 0 saturated carbocycles. The minimum absolute atomic E-state index is 0.242. The zero-order valence-corrected chi connectivity index (χ0v) is 17.7. The van der Waals surface area contributed by atoms with Gasteiger partial charge < -0.3 is 23.9 Å². The fourth-order valence-corrected chi connectivity index (χ4v) is 3.60. The zero-order chi connectivity index (χ0) is 23.5. The molecule has 1 N–H and O–H groups in total. The molecule has 0 aliphatic carbocycles. The Balaban J connectivity index is 1.66. The van der Waals surface area contributed by atoms with Crippen LogP contribution in [0, 0.1) is 11.6 Å². The van der Waals surface area contributed by atoms with Crippen molar-refractivity contribution in [1.29, 1.82) is 0 Å². The Hall–Kier alpha value is -3.89. The Morgan fingerprint density at radius 1 is 1.24 bits per heavy atom. The van der Waals surface area contributed by atoms with Gasteiger partial charge >= 0.3 is 0 Å². The number of pyridine rings is 1. The molecule has 1 aliphatic rings. The van der Waals surface area contributed by atoms with Gasteiger partial charge in [0.15, 0.2) is 34.5 Å². The van der Waals surface area contributed by atoms with Crippen LogP contribution in [0.3, 0.4) is 0 Å². The number of hydrogen-bond acceptors (Lipinski definition) is 8. The maximum atomic E-state index is 14.7. The first-order chi connectivity index (χ1) is 16.0. The number of anilines is 1. The van der Waals surface area contributed by atoms with E-state index in [0.29, 0.717) is 30.8 Å². The smallest absolute Gasteiger partial charge is 0.234 e. The van der Waals surface area contributed by atoms with Gasteiger partial charge in [0.25, 0.3) is 0 Å². The summed E-state index contributed by atoms with van der Waals surface area (Å²) in [6.07, 6.45) is 1.94. The summed E-state index contributed by atoms with van der Waals surface area (Å²) in [7, 11) is 2.38. The molecule has 2 aromatic heterocycles. The van der Waals surface area contributed by atoms with Crippen LogP contribution < -0.4 is 14.8 Å². The van der Waals surface area contributed by atoms with Crippen LogP contribution in [0.25, 0.3) is 21.4 Å². The highest BCUT2D eigenvalue weighted by Crippen LogP contribution is 2.33. The lowest BCUT2D eigenvalue weighted by Crippen LogP contribution is -2.41. The molecule has 1 saturated heterocycles. The second-order valence-electron chi connectivity index (χ2n) is 7.22. The third-order valence-corrected chi connectivity index (χ3v) is 5.28. The molecule has 0 bridgehead atoms. The van der Waals surface area contributed by atoms with Gasteiger partial charge in [-0.05, 0) is 24.1 Å². The molecule has 172 valence electrons. The number of hydrogen-bond donors (Lipinski definition) is 1. The van der Waals surface area contributed by atoms with Gasteiger partial charge in [-0.3, -0.25) is 4.79 Å². The standard InChI is InChI=1S/C21H19F2N5O5/c1-30-13-7-14(31-2)20(23)18(19(13)22)21(29)15-5-10-6-17(25-8-16(10)33-15)26-12-9-32-4-3-11(12)27-28-24/h5-8,11-12H,3-4,9H2,1-2H3,(H,25,26)/t11?,12-/m1/s1. The lowest BCUT2D eigenvalue weighted by Gasteiger charge is -2.29. The number of halogens is 2. The molecule has 1 aliphatic heterocycles. The monoisotopic (exact) mass is 459 g/mol. The summed E-state index contributed by atoms with van der Waals surface area (Å²) in [5.74, 6) is -3.89. The maximum absolute atomic E-state index is 14.7. The number of furan rings is 1. The molecule has 10 nitrogen and oxygen atoms in total. The van der Waals surface area contributed by atoms with Crippen molar-refractivity contribution in [3.63, 3.8) is 0 Å². The van der Waals surface area contributed by atoms with E-state index in [1.165, 1.54) is 26.5 Å². The van der Waals surface area contributed by atoms with Crippen LogP contribution in [0.1, 0.15) is 22.5 Å². The molecule has 33 heavy (non-hydrogen) atoms. The van der Waals surface area contributed by atoms with E-state index in [9.17, 15) is 13.6 Å². The summed E-state index contributed by atoms with van der Waals surface area (Å²) in [5.41, 5.74) is 8.15. The van der Waals surface area contributed by atoms with Gasteiger partial charge in [0.2, 0.25) is 5.78 Å². The van der Waals surface area contributed by atoms with E-state index >= 15 is 0 Å². The van der Waals surface area contributed by atoms with Crippen molar-refractivity contribution in [2.24, 2.45) is 5.11 Å². The van der Waals surface area contributed by atoms with Crippen molar-refractivity contribution in [1.82, 2.24) is 4.98 Å². The lowest BCUT2D eigenvalue weighted by molar-refractivity contribution is 0.0768. The van der Waals surface area contributed by atoms with Gasteiger partial charge in [0.05, 0.1) is 39.1 Å². The van der Waals surface area contributed by atoms with Crippen molar-refractivity contribution in [2.45, 2.75) is 18.5 Å². The molecule has 2 atom stereocenters. The van der Waals surface area contributed by atoms with Gasteiger partial charge in [-0.25, -0.2) is 13.8 Å². The Labute approximate surface area is 186 Å². The van der Waals surface area contributed by atoms with Gasteiger partial charge in [0.1, 0.15) is 11.4 Å². The summed E-state index contributed by atoms with van der Waals surface area (Å²) in [4.78, 5) is 20.0. The highest BCUT2D eigenvalue weighted by atomic mass is 19.1. The normalized spacial score (nSPS) is 17.9. The predicted octanol–water partition coefficient (Wildman–Crippen LogP) is 4.23. The van der Waals surface area contributed by atoms with Crippen LogP contribution in [-0.4, -0.2) is 50.3 Å². The number of carbonyl (C=O) groups is 1. The van der Waals surface area contributed by atoms with Crippen molar-refractivity contribution >= 4 is 22.6 Å². The van der Waals surface area contributed by atoms with Crippen molar-refractivity contribution in [3.05, 3.63) is 57.8 Å². The van der Waals surface area contributed by atoms with Crippen molar-refractivity contribution < 1.29 is 32.2 Å². The van der Waals surface area contributed by atoms with E-state index in [4.69, 9.17) is 24.2 Å². The first kappa shape index (κ1) is 22.3. The summed E-state index contributed by atoms with van der Waals surface area (Å²) >= 11 is 0. The lowest BCUT2D eigenvalue weighted by atomic mass is 10.0. The number of ketones is 1. The van der Waals surface area contributed by atoms with E-state index in [0.717, 1.165) is 6.07 Å². The number of methoxy groups -OCH3 is 2. The highest BCUT2D eigenvalue weighted by molar-refractivity contribution is 6.10.